The second kappa shape index (κ2) is 4.86. The quantitative estimate of drug-likeness (QED) is 0.731. The highest BCUT2D eigenvalue weighted by Gasteiger charge is 2.40. The molecule has 4 unspecified atom stereocenters. The molecule has 1 heteroatoms. The molecular weight excluding hydrogens is 182 g/mol. The molecule has 0 saturated heterocycles. The number of rotatable bonds is 5. The summed E-state index contributed by atoms with van der Waals surface area (Å²) in [5.41, 5.74) is 0. The predicted octanol–water partition coefficient (Wildman–Crippen LogP) is 3.45. The van der Waals surface area contributed by atoms with Crippen molar-refractivity contribution in [2.45, 2.75) is 58.9 Å². The Balaban J connectivity index is 1.84. The van der Waals surface area contributed by atoms with Crippen molar-refractivity contribution in [2.24, 2.45) is 23.7 Å². The van der Waals surface area contributed by atoms with Crippen LogP contribution in [0.1, 0.15) is 52.9 Å². The third-order valence-electron chi connectivity index (χ3n) is 4.71. The first-order valence-electron chi connectivity index (χ1n) is 6.94. The summed E-state index contributed by atoms with van der Waals surface area (Å²) in [6.07, 6.45) is 7.61. The number of hydrogen-bond acceptors (Lipinski definition) is 1. The van der Waals surface area contributed by atoms with Crippen molar-refractivity contribution in [1.29, 1.82) is 0 Å². The molecule has 0 aromatic heterocycles. The van der Waals surface area contributed by atoms with Gasteiger partial charge in [0.2, 0.25) is 0 Å². The number of fused-ring (bicyclic) bond motifs is 2. The van der Waals surface area contributed by atoms with Crippen LogP contribution in [-0.2, 0) is 0 Å². The van der Waals surface area contributed by atoms with Crippen LogP contribution in [0.25, 0.3) is 0 Å². The third kappa shape index (κ3) is 2.55. The van der Waals surface area contributed by atoms with Crippen LogP contribution in [0.15, 0.2) is 0 Å². The lowest BCUT2D eigenvalue weighted by Crippen LogP contribution is -2.36. The van der Waals surface area contributed by atoms with Gasteiger partial charge in [0.05, 0.1) is 0 Å². The van der Waals surface area contributed by atoms with Gasteiger partial charge in [0.25, 0.3) is 0 Å². The Labute approximate surface area is 95.0 Å². The van der Waals surface area contributed by atoms with Gasteiger partial charge >= 0.3 is 0 Å². The highest BCUT2D eigenvalue weighted by atomic mass is 14.9. The summed E-state index contributed by atoms with van der Waals surface area (Å²) in [5, 5.41) is 3.67. The third-order valence-corrected chi connectivity index (χ3v) is 4.71. The maximum absolute atomic E-state index is 3.67. The normalized spacial score (nSPS) is 36.4. The lowest BCUT2D eigenvalue weighted by Gasteiger charge is -2.29. The Morgan fingerprint density at radius 1 is 1.20 bits per heavy atom. The Morgan fingerprint density at radius 2 is 2.00 bits per heavy atom. The van der Waals surface area contributed by atoms with Crippen molar-refractivity contribution in [1.82, 2.24) is 5.32 Å². The molecule has 0 aliphatic heterocycles. The molecule has 1 nitrogen and oxygen atoms in total. The van der Waals surface area contributed by atoms with E-state index in [-0.39, 0.29) is 0 Å². The van der Waals surface area contributed by atoms with Gasteiger partial charge in [-0.3, -0.25) is 0 Å². The summed E-state index contributed by atoms with van der Waals surface area (Å²) in [7, 11) is 0. The molecule has 0 aromatic carbocycles. The monoisotopic (exact) mass is 209 g/mol. The fraction of sp³-hybridized carbons (Fsp3) is 1.00. The Morgan fingerprint density at radius 3 is 2.47 bits per heavy atom. The van der Waals surface area contributed by atoms with Gasteiger partial charge in [0.1, 0.15) is 0 Å². The van der Waals surface area contributed by atoms with E-state index in [9.17, 15) is 0 Å². The summed E-state index contributed by atoms with van der Waals surface area (Å²) in [6, 6.07) is 0.763. The highest BCUT2D eigenvalue weighted by Crippen LogP contribution is 2.50. The van der Waals surface area contributed by atoms with Crippen LogP contribution in [0.5, 0.6) is 0 Å². The van der Waals surface area contributed by atoms with Crippen LogP contribution in [0.2, 0.25) is 0 Å². The maximum atomic E-state index is 3.67. The minimum absolute atomic E-state index is 0.763. The van der Waals surface area contributed by atoms with Gasteiger partial charge in [-0.1, -0.05) is 27.2 Å². The van der Waals surface area contributed by atoms with Crippen molar-refractivity contribution < 1.29 is 0 Å². The standard InChI is InChI=1S/C14H27N/c1-4-15-14(10(2)3)9-13-8-11-5-6-12(13)7-11/h10-15H,4-9H2,1-3H3. The van der Waals surface area contributed by atoms with Gasteiger partial charge < -0.3 is 5.32 Å². The zero-order chi connectivity index (χ0) is 10.8. The van der Waals surface area contributed by atoms with E-state index in [1.165, 1.54) is 19.3 Å². The van der Waals surface area contributed by atoms with E-state index in [1.54, 1.807) is 12.8 Å². The molecule has 2 saturated carbocycles. The smallest absolute Gasteiger partial charge is 0.00926 e. The van der Waals surface area contributed by atoms with Crippen LogP contribution in [-0.4, -0.2) is 12.6 Å². The van der Waals surface area contributed by atoms with Crippen LogP contribution >= 0.6 is 0 Å². The molecule has 0 amide bonds. The Bertz CT molecular complexity index is 200. The van der Waals surface area contributed by atoms with Crippen molar-refractivity contribution >= 4 is 0 Å². The van der Waals surface area contributed by atoms with Gasteiger partial charge in [0, 0.05) is 6.04 Å². The fourth-order valence-electron chi connectivity index (χ4n) is 3.84. The first-order chi connectivity index (χ1) is 7.20. The highest BCUT2D eigenvalue weighted by molar-refractivity contribution is 4.92. The minimum atomic E-state index is 0.763. The zero-order valence-corrected chi connectivity index (χ0v) is 10.6. The molecule has 2 bridgehead atoms. The van der Waals surface area contributed by atoms with E-state index in [4.69, 9.17) is 0 Å². The lowest BCUT2D eigenvalue weighted by molar-refractivity contribution is 0.251. The zero-order valence-electron chi connectivity index (χ0n) is 10.6. The second-order valence-corrected chi connectivity index (χ2v) is 6.08. The summed E-state index contributed by atoms with van der Waals surface area (Å²) in [6.45, 7) is 8.08. The molecule has 1 N–H and O–H groups in total. The summed E-state index contributed by atoms with van der Waals surface area (Å²) in [4.78, 5) is 0. The molecule has 2 fully saturated rings. The Kier molecular flexibility index (Phi) is 3.71. The van der Waals surface area contributed by atoms with Gasteiger partial charge in [-0.15, -0.1) is 0 Å². The van der Waals surface area contributed by atoms with Crippen LogP contribution in [0.3, 0.4) is 0 Å². The van der Waals surface area contributed by atoms with Crippen molar-refractivity contribution in [3.8, 4) is 0 Å². The second-order valence-electron chi connectivity index (χ2n) is 6.08. The van der Waals surface area contributed by atoms with Crippen molar-refractivity contribution in [3.63, 3.8) is 0 Å². The molecule has 0 spiro atoms. The number of hydrogen-bond donors (Lipinski definition) is 1. The molecule has 88 valence electrons. The van der Waals surface area contributed by atoms with Crippen molar-refractivity contribution in [3.05, 3.63) is 0 Å². The Hall–Kier alpha value is -0.0400. The average Bonchev–Trinajstić information content (AvgIpc) is 2.78. The van der Waals surface area contributed by atoms with E-state index in [1.807, 2.05) is 0 Å². The van der Waals surface area contributed by atoms with E-state index in [2.05, 4.69) is 26.1 Å². The molecule has 2 rings (SSSR count). The molecule has 2 aliphatic carbocycles. The van der Waals surface area contributed by atoms with Gasteiger partial charge in [-0.25, -0.2) is 0 Å². The van der Waals surface area contributed by atoms with Crippen LogP contribution in [0.4, 0.5) is 0 Å². The topological polar surface area (TPSA) is 12.0 Å². The molecular formula is C14H27N. The van der Waals surface area contributed by atoms with E-state index < -0.39 is 0 Å². The average molecular weight is 209 g/mol. The van der Waals surface area contributed by atoms with Crippen LogP contribution < -0.4 is 5.32 Å². The van der Waals surface area contributed by atoms with E-state index in [0.717, 1.165) is 36.3 Å². The first-order valence-corrected chi connectivity index (χ1v) is 6.94. The van der Waals surface area contributed by atoms with Gasteiger partial charge in [0.15, 0.2) is 0 Å². The summed E-state index contributed by atoms with van der Waals surface area (Å²) < 4.78 is 0. The molecule has 2 aliphatic rings. The molecule has 0 heterocycles. The molecule has 4 atom stereocenters. The SMILES string of the molecule is CCNC(CC1CC2CCC1C2)C(C)C. The predicted molar refractivity (Wildman–Crippen MR) is 65.9 cm³/mol. The number of nitrogens with one attached hydrogen (secondary N) is 1. The molecule has 15 heavy (non-hydrogen) atoms. The summed E-state index contributed by atoms with van der Waals surface area (Å²) >= 11 is 0. The maximum Gasteiger partial charge on any atom is 0.00926 e. The fourth-order valence-corrected chi connectivity index (χ4v) is 3.84. The molecule has 0 radical (unpaired) electrons. The molecule has 0 aromatic rings. The summed E-state index contributed by atoms with van der Waals surface area (Å²) in [5.74, 6) is 4.05. The van der Waals surface area contributed by atoms with Gasteiger partial charge in [-0.05, 0) is 55.9 Å². The van der Waals surface area contributed by atoms with E-state index >= 15 is 0 Å². The van der Waals surface area contributed by atoms with Gasteiger partial charge in [-0.2, -0.15) is 0 Å². The largest absolute Gasteiger partial charge is 0.314 e. The first kappa shape index (κ1) is 11.4. The lowest BCUT2D eigenvalue weighted by atomic mass is 9.82. The van der Waals surface area contributed by atoms with Crippen molar-refractivity contribution in [2.75, 3.05) is 6.54 Å². The minimum Gasteiger partial charge on any atom is -0.314 e. The van der Waals surface area contributed by atoms with Crippen LogP contribution in [0, 0.1) is 23.7 Å². The van der Waals surface area contributed by atoms with E-state index in [0.29, 0.717) is 0 Å².